The molecule has 25 heavy (non-hydrogen) atoms. The van der Waals surface area contributed by atoms with Crippen molar-refractivity contribution in [2.24, 2.45) is 5.73 Å². The first kappa shape index (κ1) is 20.3. The van der Waals surface area contributed by atoms with Crippen LogP contribution in [0.4, 0.5) is 10.5 Å². The van der Waals surface area contributed by atoms with Gasteiger partial charge in [0, 0.05) is 0 Å². The van der Waals surface area contributed by atoms with Crippen LogP contribution in [0.5, 0.6) is 0 Å². The number of esters is 1. The number of anilines is 1. The summed E-state index contributed by atoms with van der Waals surface area (Å²) in [5.41, 5.74) is 5.67. The maximum atomic E-state index is 12.2. The molecule has 0 saturated heterocycles. The Balaban J connectivity index is 2.70. The Kier molecular flexibility index (Phi) is 8.29. The SMILES string of the molecule is CSCC[C@@H](NC(N)=O)C(=O)O[C@H](C)C(=O)Nc1ccccc1C#N. The van der Waals surface area contributed by atoms with Gasteiger partial charge in [0.05, 0.1) is 11.3 Å². The summed E-state index contributed by atoms with van der Waals surface area (Å²) in [5, 5.41) is 13.9. The number of nitrogens with zero attached hydrogens (tertiary/aromatic N) is 1. The minimum Gasteiger partial charge on any atom is -0.451 e. The molecule has 0 aliphatic rings. The summed E-state index contributed by atoms with van der Waals surface area (Å²) in [7, 11) is 0. The zero-order chi connectivity index (χ0) is 18.8. The van der Waals surface area contributed by atoms with E-state index in [1.165, 1.54) is 18.7 Å². The molecule has 0 aliphatic heterocycles. The van der Waals surface area contributed by atoms with E-state index in [1.807, 2.05) is 12.3 Å². The van der Waals surface area contributed by atoms with Gasteiger partial charge >= 0.3 is 12.0 Å². The number of thioether (sulfide) groups is 1. The van der Waals surface area contributed by atoms with Crippen molar-refractivity contribution in [1.82, 2.24) is 5.32 Å². The number of hydrogen-bond acceptors (Lipinski definition) is 6. The fourth-order valence-corrected chi connectivity index (χ4v) is 2.36. The molecule has 1 aromatic carbocycles. The van der Waals surface area contributed by atoms with Crippen LogP contribution in [0.15, 0.2) is 24.3 Å². The van der Waals surface area contributed by atoms with Crippen LogP contribution in [0.2, 0.25) is 0 Å². The number of amides is 3. The smallest absolute Gasteiger partial charge is 0.329 e. The molecule has 0 bridgehead atoms. The number of primary amides is 1. The molecule has 2 atom stereocenters. The highest BCUT2D eigenvalue weighted by Gasteiger charge is 2.26. The van der Waals surface area contributed by atoms with Gasteiger partial charge in [-0.05, 0) is 37.5 Å². The number of nitriles is 1. The first-order chi connectivity index (χ1) is 11.9. The second-order valence-corrected chi connectivity index (χ2v) is 6.05. The van der Waals surface area contributed by atoms with Gasteiger partial charge in [-0.15, -0.1) is 0 Å². The maximum Gasteiger partial charge on any atom is 0.329 e. The van der Waals surface area contributed by atoms with Crippen LogP contribution < -0.4 is 16.4 Å². The number of urea groups is 1. The van der Waals surface area contributed by atoms with Crippen LogP contribution in [-0.4, -0.2) is 42.1 Å². The lowest BCUT2D eigenvalue weighted by molar-refractivity contribution is -0.155. The highest BCUT2D eigenvalue weighted by Crippen LogP contribution is 2.14. The molecular formula is C16H20N4O4S. The van der Waals surface area contributed by atoms with Gasteiger partial charge in [-0.2, -0.15) is 17.0 Å². The molecule has 0 saturated carbocycles. The average molecular weight is 364 g/mol. The van der Waals surface area contributed by atoms with Gasteiger partial charge < -0.3 is 21.1 Å². The summed E-state index contributed by atoms with van der Waals surface area (Å²) < 4.78 is 5.10. The zero-order valence-corrected chi connectivity index (χ0v) is 14.8. The number of ether oxygens (including phenoxy) is 1. The van der Waals surface area contributed by atoms with Crippen molar-refractivity contribution in [2.45, 2.75) is 25.5 Å². The molecule has 0 fully saturated rings. The number of hydrogen-bond donors (Lipinski definition) is 3. The molecule has 0 radical (unpaired) electrons. The third kappa shape index (κ3) is 6.73. The Labute approximate surface area is 150 Å². The molecule has 4 N–H and O–H groups in total. The molecule has 0 aromatic heterocycles. The van der Waals surface area contributed by atoms with Crippen molar-refractivity contribution in [3.63, 3.8) is 0 Å². The highest BCUT2D eigenvalue weighted by molar-refractivity contribution is 7.98. The molecule has 1 rings (SSSR count). The number of benzene rings is 1. The van der Waals surface area contributed by atoms with Gasteiger partial charge in [-0.3, -0.25) is 4.79 Å². The zero-order valence-electron chi connectivity index (χ0n) is 13.9. The second-order valence-electron chi connectivity index (χ2n) is 5.07. The van der Waals surface area contributed by atoms with Crippen molar-refractivity contribution in [1.29, 1.82) is 5.26 Å². The lowest BCUT2D eigenvalue weighted by atomic mass is 10.2. The quantitative estimate of drug-likeness (QED) is 0.594. The first-order valence-electron chi connectivity index (χ1n) is 7.44. The fourth-order valence-electron chi connectivity index (χ4n) is 1.89. The van der Waals surface area contributed by atoms with Crippen molar-refractivity contribution in [2.75, 3.05) is 17.3 Å². The normalized spacial score (nSPS) is 12.4. The second kappa shape index (κ2) is 10.2. The number of para-hydroxylation sites is 1. The molecule has 9 heteroatoms. The third-order valence-electron chi connectivity index (χ3n) is 3.18. The molecule has 0 heterocycles. The molecule has 0 aliphatic carbocycles. The Morgan fingerprint density at radius 1 is 1.36 bits per heavy atom. The van der Waals surface area contributed by atoms with Crippen LogP contribution in [-0.2, 0) is 14.3 Å². The van der Waals surface area contributed by atoms with E-state index in [-0.39, 0.29) is 0 Å². The van der Waals surface area contributed by atoms with Crippen molar-refractivity contribution >= 4 is 35.4 Å². The number of carbonyl (C=O) groups is 3. The summed E-state index contributed by atoms with van der Waals surface area (Å²) in [6.45, 7) is 1.40. The Bertz CT molecular complexity index is 674. The summed E-state index contributed by atoms with van der Waals surface area (Å²) in [5.74, 6) is -0.723. The van der Waals surface area contributed by atoms with Gasteiger partial charge in [0.15, 0.2) is 6.10 Å². The number of rotatable bonds is 8. The Morgan fingerprint density at radius 3 is 2.64 bits per heavy atom. The maximum absolute atomic E-state index is 12.2. The Hall–Kier alpha value is -2.73. The molecular weight excluding hydrogens is 344 g/mol. The van der Waals surface area contributed by atoms with Gasteiger partial charge in [0.25, 0.3) is 5.91 Å². The molecule has 0 unspecified atom stereocenters. The minimum atomic E-state index is -1.11. The summed E-state index contributed by atoms with van der Waals surface area (Å²) in [4.78, 5) is 35.3. The van der Waals surface area contributed by atoms with Gasteiger partial charge in [-0.25, -0.2) is 9.59 Å². The number of carbonyl (C=O) groups excluding carboxylic acids is 3. The number of nitrogens with one attached hydrogen (secondary N) is 2. The largest absolute Gasteiger partial charge is 0.451 e. The van der Waals surface area contributed by atoms with Crippen molar-refractivity contribution in [3.8, 4) is 6.07 Å². The molecule has 134 valence electrons. The molecule has 0 spiro atoms. The minimum absolute atomic E-state index is 0.294. The predicted molar refractivity (Wildman–Crippen MR) is 94.8 cm³/mol. The van der Waals surface area contributed by atoms with E-state index < -0.39 is 30.1 Å². The summed E-state index contributed by atoms with van der Waals surface area (Å²) in [6.07, 6.45) is 1.08. The Morgan fingerprint density at radius 2 is 2.04 bits per heavy atom. The van der Waals surface area contributed by atoms with Gasteiger partial charge in [0.1, 0.15) is 12.1 Å². The number of nitrogens with two attached hydrogens (primary N) is 1. The lowest BCUT2D eigenvalue weighted by Crippen LogP contribution is -2.46. The van der Waals surface area contributed by atoms with E-state index in [0.717, 1.165) is 0 Å². The van der Waals surface area contributed by atoms with Gasteiger partial charge in [-0.1, -0.05) is 12.1 Å². The highest BCUT2D eigenvalue weighted by atomic mass is 32.2. The molecule has 1 aromatic rings. The monoisotopic (exact) mass is 364 g/mol. The van der Waals surface area contributed by atoms with Crippen molar-refractivity contribution in [3.05, 3.63) is 29.8 Å². The fraction of sp³-hybridized carbons (Fsp3) is 0.375. The molecule has 8 nitrogen and oxygen atoms in total. The van der Waals surface area contributed by atoms with Crippen LogP contribution in [0.3, 0.4) is 0 Å². The van der Waals surface area contributed by atoms with Crippen LogP contribution in [0, 0.1) is 11.3 Å². The van der Waals surface area contributed by atoms with E-state index in [4.69, 9.17) is 15.7 Å². The van der Waals surface area contributed by atoms with Crippen LogP contribution in [0.25, 0.3) is 0 Å². The summed E-state index contributed by atoms with van der Waals surface area (Å²) in [6, 6.07) is 6.66. The van der Waals surface area contributed by atoms with Crippen LogP contribution in [0.1, 0.15) is 18.9 Å². The third-order valence-corrected chi connectivity index (χ3v) is 3.82. The van der Waals surface area contributed by atoms with E-state index >= 15 is 0 Å². The summed E-state index contributed by atoms with van der Waals surface area (Å²) >= 11 is 1.50. The first-order valence-corrected chi connectivity index (χ1v) is 8.83. The predicted octanol–water partition coefficient (Wildman–Crippen LogP) is 1.22. The van der Waals surface area contributed by atoms with Crippen molar-refractivity contribution < 1.29 is 19.1 Å². The average Bonchev–Trinajstić information content (AvgIpc) is 2.58. The molecule has 3 amide bonds. The van der Waals surface area contributed by atoms with Gasteiger partial charge in [0.2, 0.25) is 0 Å². The topological polar surface area (TPSA) is 134 Å². The lowest BCUT2D eigenvalue weighted by Gasteiger charge is -2.19. The van der Waals surface area contributed by atoms with E-state index in [2.05, 4.69) is 10.6 Å². The standard InChI is InChI=1S/C16H20N4O4S/c1-10(14(21)19-12-6-4-3-5-11(12)9-17)24-15(22)13(7-8-25-2)20-16(18)23/h3-6,10,13H,7-8H2,1-2H3,(H,19,21)(H3,18,20,23)/t10-,13-/m1/s1. The van der Waals surface area contributed by atoms with E-state index in [0.29, 0.717) is 23.4 Å². The van der Waals surface area contributed by atoms with Crippen LogP contribution >= 0.6 is 11.8 Å². The van der Waals surface area contributed by atoms with E-state index in [9.17, 15) is 14.4 Å². The van der Waals surface area contributed by atoms with E-state index in [1.54, 1.807) is 24.3 Å².